The van der Waals surface area contributed by atoms with Gasteiger partial charge in [-0.05, 0) is 32.9 Å². The summed E-state index contributed by atoms with van der Waals surface area (Å²) in [5.74, 6) is -0.282. The Hall–Kier alpha value is -2.14. The molecule has 0 atom stereocenters. The van der Waals surface area contributed by atoms with Crippen molar-refractivity contribution in [3.8, 4) is 11.5 Å². The second-order valence-electron chi connectivity index (χ2n) is 5.40. The van der Waals surface area contributed by atoms with E-state index < -0.39 is 5.97 Å². The summed E-state index contributed by atoms with van der Waals surface area (Å²) >= 11 is 0. The summed E-state index contributed by atoms with van der Waals surface area (Å²) in [4.78, 5) is 17.1. The number of oxazole rings is 1. The monoisotopic (exact) mass is 288 g/mol. The van der Waals surface area contributed by atoms with Crippen LogP contribution in [-0.2, 0) is 11.3 Å². The Morgan fingerprint density at radius 1 is 1.33 bits per heavy atom. The lowest BCUT2D eigenvalue weighted by molar-refractivity contribution is -0.139. The number of carboxylic acid groups (broad SMARTS) is 1. The molecule has 1 heterocycles. The minimum Gasteiger partial charge on any atom is -0.480 e. The zero-order chi connectivity index (χ0) is 15.4. The third kappa shape index (κ3) is 4.16. The van der Waals surface area contributed by atoms with E-state index in [0.29, 0.717) is 12.4 Å². The summed E-state index contributed by atoms with van der Waals surface area (Å²) in [7, 11) is 0. The minimum atomic E-state index is -0.842. The molecule has 0 aliphatic rings. The van der Waals surface area contributed by atoms with E-state index in [9.17, 15) is 4.79 Å². The van der Waals surface area contributed by atoms with Crippen molar-refractivity contribution in [2.24, 2.45) is 0 Å². The van der Waals surface area contributed by atoms with Crippen LogP contribution in [0.2, 0.25) is 0 Å². The number of rotatable bonds is 6. The van der Waals surface area contributed by atoms with Crippen molar-refractivity contribution in [2.45, 2.75) is 33.4 Å². The third-order valence-corrected chi connectivity index (χ3v) is 3.28. The van der Waals surface area contributed by atoms with Crippen LogP contribution in [0.1, 0.15) is 25.1 Å². The van der Waals surface area contributed by atoms with E-state index >= 15 is 0 Å². The van der Waals surface area contributed by atoms with E-state index in [0.717, 1.165) is 11.3 Å². The Morgan fingerprint density at radius 2 is 2.00 bits per heavy atom. The molecule has 0 spiro atoms. The van der Waals surface area contributed by atoms with Gasteiger partial charge in [0.1, 0.15) is 6.26 Å². The van der Waals surface area contributed by atoms with Crippen LogP contribution in [0.3, 0.4) is 0 Å². The van der Waals surface area contributed by atoms with E-state index in [1.165, 1.54) is 5.56 Å². The van der Waals surface area contributed by atoms with Crippen LogP contribution < -0.4 is 0 Å². The highest BCUT2D eigenvalue weighted by atomic mass is 16.4. The highest BCUT2D eigenvalue weighted by molar-refractivity contribution is 5.69. The van der Waals surface area contributed by atoms with Gasteiger partial charge in [0.2, 0.25) is 5.89 Å². The number of carboxylic acids is 1. The van der Waals surface area contributed by atoms with Gasteiger partial charge in [0.25, 0.3) is 0 Å². The minimum absolute atomic E-state index is 0.00953. The summed E-state index contributed by atoms with van der Waals surface area (Å²) in [5.41, 5.74) is 2.83. The van der Waals surface area contributed by atoms with Gasteiger partial charge in [-0.2, -0.15) is 0 Å². The lowest BCUT2D eigenvalue weighted by Gasteiger charge is -2.22. The molecule has 1 aromatic heterocycles. The van der Waals surface area contributed by atoms with Crippen LogP contribution >= 0.6 is 0 Å². The molecule has 0 unspecified atom stereocenters. The van der Waals surface area contributed by atoms with Gasteiger partial charge in [-0.25, -0.2) is 4.98 Å². The maximum absolute atomic E-state index is 10.9. The summed E-state index contributed by atoms with van der Waals surface area (Å²) in [6, 6.07) is 8.06. The summed E-state index contributed by atoms with van der Waals surface area (Å²) < 4.78 is 5.49. The first-order chi connectivity index (χ1) is 9.95. The average Bonchev–Trinajstić information content (AvgIpc) is 2.87. The number of aromatic nitrogens is 1. The fraction of sp³-hybridized carbons (Fsp3) is 0.375. The van der Waals surface area contributed by atoms with E-state index in [1.807, 2.05) is 49.9 Å². The predicted molar refractivity (Wildman–Crippen MR) is 79.9 cm³/mol. The fourth-order valence-corrected chi connectivity index (χ4v) is 2.01. The van der Waals surface area contributed by atoms with Gasteiger partial charge in [0.05, 0.1) is 12.2 Å². The van der Waals surface area contributed by atoms with Gasteiger partial charge < -0.3 is 9.52 Å². The maximum Gasteiger partial charge on any atom is 0.317 e. The van der Waals surface area contributed by atoms with Crippen molar-refractivity contribution in [3.05, 3.63) is 41.8 Å². The molecule has 0 fully saturated rings. The lowest BCUT2D eigenvalue weighted by atomic mass is 10.1. The largest absolute Gasteiger partial charge is 0.480 e. The molecular formula is C16H20N2O3. The normalized spacial score (nSPS) is 11.3. The average molecular weight is 288 g/mol. The molecule has 112 valence electrons. The van der Waals surface area contributed by atoms with Gasteiger partial charge >= 0.3 is 5.97 Å². The van der Waals surface area contributed by atoms with Gasteiger partial charge in [0, 0.05) is 18.2 Å². The fourth-order valence-electron chi connectivity index (χ4n) is 2.01. The molecule has 0 radical (unpaired) electrons. The smallest absolute Gasteiger partial charge is 0.317 e. The number of hydrogen-bond acceptors (Lipinski definition) is 4. The van der Waals surface area contributed by atoms with Crippen LogP contribution in [0.25, 0.3) is 11.5 Å². The van der Waals surface area contributed by atoms with Crippen molar-refractivity contribution >= 4 is 5.97 Å². The predicted octanol–water partition coefficient (Wildman–Crippen LogP) is 2.95. The SMILES string of the molecule is Cc1ccc(-c2nc(CN(CC(=O)O)C(C)C)co2)cc1. The highest BCUT2D eigenvalue weighted by Crippen LogP contribution is 2.20. The van der Waals surface area contributed by atoms with Crippen LogP contribution in [-0.4, -0.2) is 33.5 Å². The number of aryl methyl sites for hydroxylation is 1. The Balaban J connectivity index is 2.11. The van der Waals surface area contributed by atoms with Crippen molar-refractivity contribution in [1.82, 2.24) is 9.88 Å². The molecule has 0 aliphatic carbocycles. The van der Waals surface area contributed by atoms with Crippen molar-refractivity contribution in [1.29, 1.82) is 0 Å². The molecule has 5 heteroatoms. The maximum atomic E-state index is 10.9. The van der Waals surface area contributed by atoms with Crippen LogP contribution in [0.15, 0.2) is 34.9 Å². The Labute approximate surface area is 124 Å². The van der Waals surface area contributed by atoms with E-state index in [4.69, 9.17) is 9.52 Å². The molecule has 0 saturated carbocycles. The molecule has 1 N–H and O–H groups in total. The number of aliphatic carboxylic acids is 1. The quantitative estimate of drug-likeness (QED) is 0.885. The first-order valence-corrected chi connectivity index (χ1v) is 6.93. The molecule has 0 saturated heterocycles. The topological polar surface area (TPSA) is 66.6 Å². The lowest BCUT2D eigenvalue weighted by Crippen LogP contribution is -2.35. The van der Waals surface area contributed by atoms with Gasteiger partial charge in [-0.1, -0.05) is 17.7 Å². The molecular weight excluding hydrogens is 268 g/mol. The van der Waals surface area contributed by atoms with E-state index in [1.54, 1.807) is 6.26 Å². The molecule has 21 heavy (non-hydrogen) atoms. The molecule has 1 aromatic carbocycles. The Morgan fingerprint density at radius 3 is 2.57 bits per heavy atom. The standard InChI is InChI=1S/C16H20N2O3/c1-11(2)18(9-15(19)20)8-14-10-21-16(17-14)13-6-4-12(3)5-7-13/h4-7,10-11H,8-9H2,1-3H3,(H,19,20). The van der Waals surface area contributed by atoms with Crippen molar-refractivity contribution in [2.75, 3.05) is 6.54 Å². The molecule has 2 aromatic rings. The second-order valence-corrected chi connectivity index (χ2v) is 5.40. The number of carbonyl (C=O) groups is 1. The number of benzene rings is 1. The number of nitrogens with zero attached hydrogens (tertiary/aromatic N) is 2. The van der Waals surface area contributed by atoms with E-state index in [-0.39, 0.29) is 12.6 Å². The number of hydrogen-bond donors (Lipinski definition) is 1. The zero-order valence-corrected chi connectivity index (χ0v) is 12.5. The van der Waals surface area contributed by atoms with Crippen molar-refractivity contribution in [3.63, 3.8) is 0 Å². The Kier molecular flexibility index (Phi) is 4.75. The first-order valence-electron chi connectivity index (χ1n) is 6.93. The summed E-state index contributed by atoms with van der Waals surface area (Å²) in [6.45, 7) is 6.40. The second kappa shape index (κ2) is 6.54. The van der Waals surface area contributed by atoms with E-state index in [2.05, 4.69) is 4.98 Å². The third-order valence-electron chi connectivity index (χ3n) is 3.28. The molecule has 0 amide bonds. The van der Waals surface area contributed by atoms with Gasteiger partial charge in [0.15, 0.2) is 0 Å². The van der Waals surface area contributed by atoms with Gasteiger partial charge in [-0.3, -0.25) is 9.69 Å². The highest BCUT2D eigenvalue weighted by Gasteiger charge is 2.16. The van der Waals surface area contributed by atoms with Gasteiger partial charge in [-0.15, -0.1) is 0 Å². The van der Waals surface area contributed by atoms with Crippen LogP contribution in [0.4, 0.5) is 0 Å². The Bertz CT molecular complexity index is 602. The van der Waals surface area contributed by atoms with Crippen LogP contribution in [0, 0.1) is 6.92 Å². The van der Waals surface area contributed by atoms with Crippen molar-refractivity contribution < 1.29 is 14.3 Å². The summed E-state index contributed by atoms with van der Waals surface area (Å²) in [6.07, 6.45) is 1.59. The zero-order valence-electron chi connectivity index (χ0n) is 12.5. The molecule has 2 rings (SSSR count). The molecule has 5 nitrogen and oxygen atoms in total. The van der Waals surface area contributed by atoms with Crippen LogP contribution in [0.5, 0.6) is 0 Å². The molecule has 0 bridgehead atoms. The first kappa shape index (κ1) is 15.3. The summed E-state index contributed by atoms with van der Waals surface area (Å²) in [5, 5.41) is 8.93. The molecule has 0 aliphatic heterocycles.